The Kier molecular flexibility index (Phi) is 3.06. The molecule has 0 saturated carbocycles. The standard InChI is InChI=1S/C11H14ClNO/c12-10-2-1-8-3-4-13-11(7-14)6-9(8)5-10/h1-2,5,11,13-14H,3-4,6-7H2. The predicted molar refractivity (Wildman–Crippen MR) is 57.7 cm³/mol. The van der Waals surface area contributed by atoms with Crippen LogP contribution in [0.1, 0.15) is 11.1 Å². The highest BCUT2D eigenvalue weighted by Gasteiger charge is 2.15. The van der Waals surface area contributed by atoms with E-state index >= 15 is 0 Å². The van der Waals surface area contributed by atoms with E-state index in [1.807, 2.05) is 12.1 Å². The van der Waals surface area contributed by atoms with E-state index in [0.717, 1.165) is 24.4 Å². The van der Waals surface area contributed by atoms with Crippen LogP contribution < -0.4 is 5.32 Å². The van der Waals surface area contributed by atoms with E-state index in [4.69, 9.17) is 16.7 Å². The van der Waals surface area contributed by atoms with Gasteiger partial charge in [-0.3, -0.25) is 0 Å². The van der Waals surface area contributed by atoms with Gasteiger partial charge < -0.3 is 10.4 Å². The lowest BCUT2D eigenvalue weighted by atomic mass is 10.0. The molecule has 2 rings (SSSR count). The highest BCUT2D eigenvalue weighted by molar-refractivity contribution is 6.30. The molecule has 0 bridgehead atoms. The van der Waals surface area contributed by atoms with Crippen molar-refractivity contribution < 1.29 is 5.11 Å². The van der Waals surface area contributed by atoms with Crippen molar-refractivity contribution in [3.63, 3.8) is 0 Å². The Labute approximate surface area is 88.9 Å². The predicted octanol–water partition coefficient (Wildman–Crippen LogP) is 1.39. The van der Waals surface area contributed by atoms with Gasteiger partial charge in [0, 0.05) is 11.1 Å². The number of hydrogen-bond acceptors (Lipinski definition) is 2. The Hall–Kier alpha value is -0.570. The summed E-state index contributed by atoms with van der Waals surface area (Å²) < 4.78 is 0. The number of aliphatic hydroxyl groups is 1. The number of rotatable bonds is 1. The molecule has 0 spiro atoms. The van der Waals surface area contributed by atoms with E-state index in [2.05, 4.69) is 11.4 Å². The molecule has 1 aliphatic rings. The molecule has 76 valence electrons. The Morgan fingerprint density at radius 3 is 3.07 bits per heavy atom. The van der Waals surface area contributed by atoms with Crippen molar-refractivity contribution in [3.8, 4) is 0 Å². The molecule has 0 aromatic heterocycles. The summed E-state index contributed by atoms with van der Waals surface area (Å²) in [4.78, 5) is 0. The van der Waals surface area contributed by atoms with Crippen molar-refractivity contribution in [2.24, 2.45) is 0 Å². The maximum absolute atomic E-state index is 9.12. The molecule has 1 aromatic rings. The van der Waals surface area contributed by atoms with Crippen molar-refractivity contribution in [2.75, 3.05) is 13.2 Å². The molecule has 0 fully saturated rings. The van der Waals surface area contributed by atoms with E-state index in [1.54, 1.807) is 0 Å². The second kappa shape index (κ2) is 4.30. The third-order valence-corrected chi connectivity index (χ3v) is 2.92. The first-order valence-corrected chi connectivity index (χ1v) is 5.29. The Balaban J connectivity index is 2.28. The molecule has 1 heterocycles. The van der Waals surface area contributed by atoms with Crippen LogP contribution in [0.4, 0.5) is 0 Å². The molecule has 0 radical (unpaired) electrons. The van der Waals surface area contributed by atoms with E-state index in [9.17, 15) is 0 Å². The molecule has 2 nitrogen and oxygen atoms in total. The number of aliphatic hydroxyl groups excluding tert-OH is 1. The van der Waals surface area contributed by atoms with Crippen LogP contribution in [0, 0.1) is 0 Å². The van der Waals surface area contributed by atoms with Crippen LogP contribution in [0.2, 0.25) is 5.02 Å². The van der Waals surface area contributed by atoms with Crippen LogP contribution in [-0.4, -0.2) is 24.3 Å². The average Bonchev–Trinajstić information content (AvgIpc) is 2.38. The van der Waals surface area contributed by atoms with E-state index < -0.39 is 0 Å². The van der Waals surface area contributed by atoms with E-state index in [-0.39, 0.29) is 12.6 Å². The highest BCUT2D eigenvalue weighted by atomic mass is 35.5. The van der Waals surface area contributed by atoms with Crippen LogP contribution in [0.3, 0.4) is 0 Å². The lowest BCUT2D eigenvalue weighted by molar-refractivity contribution is 0.244. The maximum Gasteiger partial charge on any atom is 0.0587 e. The molecule has 1 aromatic carbocycles. The number of benzene rings is 1. The number of hydrogen-bond donors (Lipinski definition) is 2. The average molecular weight is 212 g/mol. The Bertz CT molecular complexity index is 327. The smallest absolute Gasteiger partial charge is 0.0587 e. The van der Waals surface area contributed by atoms with Gasteiger partial charge in [-0.1, -0.05) is 17.7 Å². The lowest BCUT2D eigenvalue weighted by Crippen LogP contribution is -2.33. The molecule has 1 unspecified atom stereocenters. The Morgan fingerprint density at radius 2 is 2.29 bits per heavy atom. The van der Waals surface area contributed by atoms with Crippen LogP contribution in [0.25, 0.3) is 0 Å². The van der Waals surface area contributed by atoms with Gasteiger partial charge in [0.25, 0.3) is 0 Å². The number of fused-ring (bicyclic) bond motifs is 1. The lowest BCUT2D eigenvalue weighted by Gasteiger charge is -2.12. The highest BCUT2D eigenvalue weighted by Crippen LogP contribution is 2.19. The number of halogens is 1. The minimum atomic E-state index is 0.176. The zero-order chi connectivity index (χ0) is 9.97. The summed E-state index contributed by atoms with van der Waals surface area (Å²) in [5.41, 5.74) is 2.61. The molecule has 1 aliphatic heterocycles. The van der Waals surface area contributed by atoms with Gasteiger partial charge in [0.2, 0.25) is 0 Å². The van der Waals surface area contributed by atoms with Crippen molar-refractivity contribution in [1.82, 2.24) is 5.32 Å². The van der Waals surface area contributed by atoms with Gasteiger partial charge in [0.05, 0.1) is 6.61 Å². The van der Waals surface area contributed by atoms with Crippen LogP contribution in [0.15, 0.2) is 18.2 Å². The van der Waals surface area contributed by atoms with E-state index in [1.165, 1.54) is 11.1 Å². The minimum Gasteiger partial charge on any atom is -0.395 e. The molecule has 14 heavy (non-hydrogen) atoms. The molecule has 3 heteroatoms. The van der Waals surface area contributed by atoms with Crippen LogP contribution in [0.5, 0.6) is 0 Å². The topological polar surface area (TPSA) is 32.3 Å². The summed E-state index contributed by atoms with van der Waals surface area (Å²) in [5, 5.41) is 13.2. The fraction of sp³-hybridized carbons (Fsp3) is 0.455. The first-order valence-electron chi connectivity index (χ1n) is 4.91. The quantitative estimate of drug-likeness (QED) is 0.736. The van der Waals surface area contributed by atoms with Gasteiger partial charge in [-0.2, -0.15) is 0 Å². The Morgan fingerprint density at radius 1 is 1.43 bits per heavy atom. The van der Waals surface area contributed by atoms with Crippen molar-refractivity contribution in [2.45, 2.75) is 18.9 Å². The van der Waals surface area contributed by atoms with E-state index in [0.29, 0.717) is 0 Å². The molecular formula is C11H14ClNO. The molecule has 0 amide bonds. The largest absolute Gasteiger partial charge is 0.395 e. The zero-order valence-electron chi connectivity index (χ0n) is 7.96. The van der Waals surface area contributed by atoms with Gasteiger partial charge in [0.15, 0.2) is 0 Å². The summed E-state index contributed by atoms with van der Waals surface area (Å²) in [6.45, 7) is 1.12. The van der Waals surface area contributed by atoms with Gasteiger partial charge >= 0.3 is 0 Å². The first kappa shape index (κ1) is 9.97. The fourth-order valence-electron chi connectivity index (χ4n) is 1.91. The van der Waals surface area contributed by atoms with Gasteiger partial charge in [-0.05, 0) is 42.6 Å². The van der Waals surface area contributed by atoms with Crippen LogP contribution in [-0.2, 0) is 12.8 Å². The normalized spacial score (nSPS) is 21.4. The first-order chi connectivity index (χ1) is 6.79. The molecular weight excluding hydrogens is 198 g/mol. The summed E-state index contributed by atoms with van der Waals surface area (Å²) in [6, 6.07) is 6.19. The third kappa shape index (κ3) is 2.08. The zero-order valence-corrected chi connectivity index (χ0v) is 8.72. The van der Waals surface area contributed by atoms with Crippen molar-refractivity contribution >= 4 is 11.6 Å². The van der Waals surface area contributed by atoms with Crippen molar-refractivity contribution in [3.05, 3.63) is 34.3 Å². The van der Waals surface area contributed by atoms with Gasteiger partial charge in [-0.15, -0.1) is 0 Å². The van der Waals surface area contributed by atoms with Gasteiger partial charge in [-0.25, -0.2) is 0 Å². The molecule has 0 saturated heterocycles. The maximum atomic E-state index is 9.12. The fourth-order valence-corrected chi connectivity index (χ4v) is 2.10. The summed E-state index contributed by atoms with van der Waals surface area (Å²) in [7, 11) is 0. The molecule has 0 aliphatic carbocycles. The van der Waals surface area contributed by atoms with Gasteiger partial charge in [0.1, 0.15) is 0 Å². The number of nitrogens with one attached hydrogen (secondary N) is 1. The van der Waals surface area contributed by atoms with Crippen molar-refractivity contribution in [1.29, 1.82) is 0 Å². The second-order valence-corrected chi connectivity index (χ2v) is 4.14. The molecule has 2 N–H and O–H groups in total. The monoisotopic (exact) mass is 211 g/mol. The summed E-state index contributed by atoms with van der Waals surface area (Å²) in [6.07, 6.45) is 1.88. The minimum absolute atomic E-state index is 0.176. The summed E-state index contributed by atoms with van der Waals surface area (Å²) >= 11 is 5.94. The van der Waals surface area contributed by atoms with Crippen LogP contribution >= 0.6 is 11.6 Å². The second-order valence-electron chi connectivity index (χ2n) is 3.70. The SMILES string of the molecule is OCC1Cc2cc(Cl)ccc2CCN1. The molecule has 1 atom stereocenters. The summed E-state index contributed by atoms with van der Waals surface area (Å²) in [5.74, 6) is 0. The third-order valence-electron chi connectivity index (χ3n) is 2.68.